The number of hydrogen-bond acceptors (Lipinski definition) is 3. The van der Waals surface area contributed by atoms with E-state index in [9.17, 15) is 14.7 Å². The predicted molar refractivity (Wildman–Crippen MR) is 99.6 cm³/mol. The van der Waals surface area contributed by atoms with Gasteiger partial charge in [0.2, 0.25) is 0 Å². The molecule has 1 aliphatic heterocycles. The van der Waals surface area contributed by atoms with E-state index in [4.69, 9.17) is 0 Å². The fraction of sp³-hybridized carbons (Fsp3) is 0.0476. The summed E-state index contributed by atoms with van der Waals surface area (Å²) in [4.78, 5) is 28.2. The highest BCUT2D eigenvalue weighted by Gasteiger charge is 2.32. The first-order valence-electron chi connectivity index (χ1n) is 8.19. The van der Waals surface area contributed by atoms with E-state index in [0.29, 0.717) is 27.6 Å². The molecule has 2 amide bonds. The molecule has 0 bridgehead atoms. The van der Waals surface area contributed by atoms with Crippen LogP contribution in [0.15, 0.2) is 60.7 Å². The van der Waals surface area contributed by atoms with Crippen LogP contribution in [0.3, 0.4) is 0 Å². The number of imide groups is 1. The number of aromatic amines is 1. The van der Waals surface area contributed by atoms with Crippen LogP contribution >= 0.6 is 0 Å². The third-order valence-corrected chi connectivity index (χ3v) is 4.39. The Morgan fingerprint density at radius 1 is 0.846 bits per heavy atom. The average Bonchev–Trinajstić information content (AvgIpc) is 2.96. The maximum atomic E-state index is 12.5. The molecule has 5 heteroatoms. The van der Waals surface area contributed by atoms with E-state index < -0.39 is 11.8 Å². The summed E-state index contributed by atoms with van der Waals surface area (Å²) >= 11 is 0. The molecular formula is C21H16N2O3. The van der Waals surface area contributed by atoms with Crippen molar-refractivity contribution in [2.45, 2.75) is 6.92 Å². The van der Waals surface area contributed by atoms with Crippen molar-refractivity contribution in [1.82, 2.24) is 10.3 Å². The van der Waals surface area contributed by atoms with Crippen LogP contribution < -0.4 is 5.32 Å². The van der Waals surface area contributed by atoms with Gasteiger partial charge in [-0.3, -0.25) is 14.9 Å². The second-order valence-electron chi connectivity index (χ2n) is 6.18. The first-order valence-corrected chi connectivity index (χ1v) is 8.19. The third kappa shape index (κ3) is 2.59. The molecule has 0 spiro atoms. The number of amides is 2. The third-order valence-electron chi connectivity index (χ3n) is 4.39. The highest BCUT2D eigenvalue weighted by molar-refractivity contribution is 6.28. The number of fused-ring (bicyclic) bond motifs is 3. The van der Waals surface area contributed by atoms with Crippen molar-refractivity contribution < 1.29 is 14.7 Å². The SMILES string of the molecule is Cc1ccc(O)ccc2c3c(c(-c4ccccc4)cc2[nH]1)C(=O)NC3=O. The summed E-state index contributed by atoms with van der Waals surface area (Å²) in [6.45, 7) is 1.86. The van der Waals surface area contributed by atoms with E-state index in [-0.39, 0.29) is 5.75 Å². The zero-order valence-corrected chi connectivity index (χ0v) is 14.0. The Morgan fingerprint density at radius 2 is 1.54 bits per heavy atom. The summed E-state index contributed by atoms with van der Waals surface area (Å²) in [6, 6.07) is 17.8. The van der Waals surface area contributed by atoms with Gasteiger partial charge in [0.05, 0.1) is 11.1 Å². The Labute approximate surface area is 149 Å². The van der Waals surface area contributed by atoms with E-state index in [1.54, 1.807) is 18.2 Å². The van der Waals surface area contributed by atoms with Crippen molar-refractivity contribution in [2.24, 2.45) is 0 Å². The molecule has 1 aromatic heterocycles. The molecule has 128 valence electrons. The zero-order chi connectivity index (χ0) is 18.3. The van der Waals surface area contributed by atoms with Gasteiger partial charge in [0, 0.05) is 16.6 Å². The van der Waals surface area contributed by atoms with Crippen molar-refractivity contribution in [1.29, 1.82) is 0 Å². The van der Waals surface area contributed by atoms with Gasteiger partial charge >= 0.3 is 0 Å². The summed E-state index contributed by atoms with van der Waals surface area (Å²) in [5, 5.41) is 12.9. The predicted octanol–water partition coefficient (Wildman–Crippen LogP) is 3.86. The Hall–Kier alpha value is -3.60. The molecule has 0 fully saturated rings. The Morgan fingerprint density at radius 3 is 2.31 bits per heavy atom. The molecule has 0 atom stereocenters. The lowest BCUT2D eigenvalue weighted by Gasteiger charge is -2.09. The number of nitrogens with one attached hydrogen (secondary N) is 2. The minimum atomic E-state index is -0.435. The van der Waals surface area contributed by atoms with Gasteiger partial charge in [-0.25, -0.2) is 0 Å². The fourth-order valence-electron chi connectivity index (χ4n) is 3.21. The molecular weight excluding hydrogens is 328 g/mol. The number of benzene rings is 2. The number of carbonyl (C=O) groups is 2. The van der Waals surface area contributed by atoms with Crippen LogP contribution in [0.2, 0.25) is 0 Å². The van der Waals surface area contributed by atoms with Crippen LogP contribution in [-0.4, -0.2) is 21.9 Å². The van der Waals surface area contributed by atoms with Crippen molar-refractivity contribution in [3.05, 3.63) is 77.5 Å². The highest BCUT2D eigenvalue weighted by Crippen LogP contribution is 2.34. The molecule has 26 heavy (non-hydrogen) atoms. The number of hydrogen-bond donors (Lipinski definition) is 3. The molecule has 2 heterocycles. The summed E-state index contributed by atoms with van der Waals surface area (Å²) < 4.78 is 0. The summed E-state index contributed by atoms with van der Waals surface area (Å²) in [5.41, 5.74) is 3.71. The minimum absolute atomic E-state index is 0.0598. The summed E-state index contributed by atoms with van der Waals surface area (Å²) in [6.07, 6.45) is 0. The molecule has 0 unspecified atom stereocenters. The van der Waals surface area contributed by atoms with Crippen molar-refractivity contribution in [3.8, 4) is 16.9 Å². The van der Waals surface area contributed by atoms with E-state index in [1.165, 1.54) is 6.07 Å². The molecule has 5 nitrogen and oxygen atoms in total. The van der Waals surface area contributed by atoms with Gasteiger partial charge in [-0.2, -0.15) is 0 Å². The van der Waals surface area contributed by atoms with E-state index in [1.807, 2.05) is 43.3 Å². The molecule has 0 radical (unpaired) electrons. The lowest BCUT2D eigenvalue weighted by Crippen LogP contribution is -2.20. The number of aromatic nitrogens is 1. The van der Waals surface area contributed by atoms with Gasteiger partial charge in [0.1, 0.15) is 5.75 Å². The molecule has 2 aromatic carbocycles. The minimum Gasteiger partial charge on any atom is -0.508 e. The van der Waals surface area contributed by atoms with Crippen LogP contribution in [-0.2, 0) is 0 Å². The summed E-state index contributed by atoms with van der Waals surface area (Å²) in [5.74, 6) is -0.786. The number of rotatable bonds is 1. The van der Waals surface area contributed by atoms with Gasteiger partial charge in [0.25, 0.3) is 11.8 Å². The molecule has 3 N–H and O–H groups in total. The fourth-order valence-corrected chi connectivity index (χ4v) is 3.21. The standard InChI is InChI=1S/C21H16N2O3/c1-12-7-8-14(24)9-10-15-17(22-12)11-16(13-5-3-2-4-6-13)19-18(15)20(25)23-21(19)26/h2-11,22,24H,1H3,(H,23,25,26). The summed E-state index contributed by atoms with van der Waals surface area (Å²) in [7, 11) is 0. The van der Waals surface area contributed by atoms with Gasteiger partial charge in [-0.05, 0) is 48.4 Å². The largest absolute Gasteiger partial charge is 0.508 e. The highest BCUT2D eigenvalue weighted by atomic mass is 16.3. The molecule has 0 aliphatic carbocycles. The monoisotopic (exact) mass is 344 g/mol. The van der Waals surface area contributed by atoms with Crippen LogP contribution in [0.1, 0.15) is 26.4 Å². The van der Waals surface area contributed by atoms with Crippen molar-refractivity contribution in [2.75, 3.05) is 0 Å². The first-order chi connectivity index (χ1) is 12.5. The number of carbonyl (C=O) groups excluding carboxylic acids is 2. The topological polar surface area (TPSA) is 82.2 Å². The van der Waals surface area contributed by atoms with E-state index in [2.05, 4.69) is 10.3 Å². The van der Waals surface area contributed by atoms with Crippen LogP contribution in [0.25, 0.3) is 22.0 Å². The van der Waals surface area contributed by atoms with Crippen LogP contribution in [0.5, 0.6) is 5.75 Å². The molecule has 1 aliphatic rings. The lowest BCUT2D eigenvalue weighted by molar-refractivity contribution is 0.0880. The smallest absolute Gasteiger partial charge is 0.259 e. The molecule has 3 aromatic rings. The lowest BCUT2D eigenvalue weighted by atomic mass is 9.93. The van der Waals surface area contributed by atoms with Crippen molar-refractivity contribution in [3.63, 3.8) is 0 Å². The molecule has 4 rings (SSSR count). The maximum Gasteiger partial charge on any atom is 0.259 e. The Kier molecular flexibility index (Phi) is 3.69. The van der Waals surface area contributed by atoms with Crippen LogP contribution in [0.4, 0.5) is 0 Å². The van der Waals surface area contributed by atoms with E-state index in [0.717, 1.165) is 11.3 Å². The zero-order valence-electron chi connectivity index (χ0n) is 14.0. The van der Waals surface area contributed by atoms with Gasteiger partial charge in [-0.15, -0.1) is 0 Å². The normalized spacial score (nSPS) is 12.7. The second kappa shape index (κ2) is 6.04. The Bertz CT molecular complexity index is 1110. The molecule has 0 saturated heterocycles. The van der Waals surface area contributed by atoms with Crippen LogP contribution in [0, 0.1) is 6.92 Å². The van der Waals surface area contributed by atoms with Crippen molar-refractivity contribution >= 4 is 22.7 Å². The molecule has 0 saturated carbocycles. The maximum absolute atomic E-state index is 12.5. The van der Waals surface area contributed by atoms with Gasteiger partial charge in [-0.1, -0.05) is 30.3 Å². The second-order valence-corrected chi connectivity index (χ2v) is 6.18. The number of aromatic hydroxyl groups is 1. The average molecular weight is 344 g/mol. The van der Waals surface area contributed by atoms with Gasteiger partial charge in [0.15, 0.2) is 0 Å². The Balaban J connectivity index is 2.21. The van der Waals surface area contributed by atoms with Gasteiger partial charge < -0.3 is 10.1 Å². The number of H-pyrrole nitrogens is 1. The first kappa shape index (κ1) is 15.9. The van der Waals surface area contributed by atoms with E-state index >= 15 is 0 Å². The quantitative estimate of drug-likeness (QED) is 0.586. The number of aryl methyl sites for hydroxylation is 1.